The monoisotopic (exact) mass is 1080 g/mol. The molecule has 2 aromatic carbocycles. The number of fused-ring (bicyclic) bond motifs is 4. The van der Waals surface area contributed by atoms with Crippen LogP contribution in [0.15, 0.2) is 85.5 Å². The lowest BCUT2D eigenvalue weighted by atomic mass is 9.98. The molecule has 8 heterocycles. The van der Waals surface area contributed by atoms with Gasteiger partial charge in [0, 0.05) is 94.2 Å². The average molecular weight is 1080 g/mol. The van der Waals surface area contributed by atoms with E-state index in [-0.39, 0.29) is 11.9 Å². The summed E-state index contributed by atoms with van der Waals surface area (Å²) >= 11 is 6.91. The molecule has 10 rings (SSSR count). The summed E-state index contributed by atoms with van der Waals surface area (Å²) in [6.45, 7) is 17.6. The number of aromatic nitrogens is 4. The number of ketones is 2. The van der Waals surface area contributed by atoms with Crippen molar-refractivity contribution in [3.05, 3.63) is 116 Å². The van der Waals surface area contributed by atoms with Crippen LogP contribution in [0.3, 0.4) is 0 Å². The number of Topliss-reactive ketones (excluding diaryl/α,β-unsaturated/α-hetero) is 2. The predicted octanol–water partition coefficient (Wildman–Crippen LogP) is 15.8. The van der Waals surface area contributed by atoms with E-state index in [1.165, 1.54) is 37.6 Å². The molecule has 75 heavy (non-hydrogen) atoms. The fourth-order valence-electron chi connectivity index (χ4n) is 9.84. The summed E-state index contributed by atoms with van der Waals surface area (Å²) in [5, 5.41) is 5.51. The van der Waals surface area contributed by atoms with Gasteiger partial charge in [-0.05, 0) is 147 Å². The van der Waals surface area contributed by atoms with E-state index in [2.05, 4.69) is 79.4 Å². The van der Waals surface area contributed by atoms with Crippen LogP contribution in [-0.2, 0) is 53.1 Å². The van der Waals surface area contributed by atoms with Crippen molar-refractivity contribution in [1.82, 2.24) is 30.2 Å². The number of thiophene rings is 2. The van der Waals surface area contributed by atoms with E-state index in [0.29, 0.717) is 56.4 Å². The van der Waals surface area contributed by atoms with Crippen LogP contribution in [0.25, 0.3) is 63.8 Å². The molecule has 2 aliphatic rings. The molecule has 2 atom stereocenters. The number of nitrogens with zero attached hydrogens (tertiary/aromatic N) is 5. The predicted molar refractivity (Wildman–Crippen MR) is 312 cm³/mol. The standard InChI is InChI=1S/C33H39N3O3S2.C28H31N3OS2/c1-6-21(2)8-7-9-24(37)19-28-30(25-14-17-36(20-29(25)40-28)32(38)39-33(3,4)5)31-35-26-18-23(10-11-27(26)41-31)22-12-15-34-16-13-22;1-3-18(2)5-4-6-21(32)16-25-27(22-11-14-30-17-26(22)33-25)28-31-23-15-20(7-8-24(23)34-28)19-9-12-29-13-10-19/h10-13,15-16,18,21H,6-9,14,17,19-20H2,1-5H3;7-10,12-13,15,18,30H,3-6,11,14,16-17H2,1-2H3/t21-;18-/m00/s1. The number of hydrogen-bond donors (Lipinski definition) is 1. The number of rotatable bonds is 18. The van der Waals surface area contributed by atoms with Crippen molar-refractivity contribution in [2.45, 2.75) is 144 Å². The van der Waals surface area contributed by atoms with Crippen molar-refractivity contribution in [3.8, 4) is 43.4 Å². The molecule has 2 aliphatic heterocycles. The van der Waals surface area contributed by atoms with Crippen molar-refractivity contribution in [3.63, 3.8) is 0 Å². The molecule has 14 heteroatoms. The number of amides is 1. The minimum atomic E-state index is -0.541. The summed E-state index contributed by atoms with van der Waals surface area (Å²) in [6.07, 6.45) is 17.4. The van der Waals surface area contributed by atoms with Crippen LogP contribution < -0.4 is 5.32 Å². The minimum absolute atomic E-state index is 0.276. The van der Waals surface area contributed by atoms with E-state index in [4.69, 9.17) is 14.7 Å². The second kappa shape index (κ2) is 24.7. The van der Waals surface area contributed by atoms with Crippen LogP contribution in [0.1, 0.15) is 130 Å². The third-order valence-electron chi connectivity index (χ3n) is 14.4. The minimum Gasteiger partial charge on any atom is -0.444 e. The van der Waals surface area contributed by atoms with E-state index in [9.17, 15) is 14.4 Å². The van der Waals surface area contributed by atoms with Crippen LogP contribution >= 0.6 is 45.3 Å². The zero-order chi connectivity index (χ0) is 52.6. The fraction of sp³-hybridized carbons (Fsp3) is 0.426. The number of pyridine rings is 2. The van der Waals surface area contributed by atoms with Gasteiger partial charge in [-0.25, -0.2) is 14.8 Å². The Labute approximate surface area is 458 Å². The molecule has 1 amide bonds. The molecule has 0 saturated carbocycles. The lowest BCUT2D eigenvalue weighted by Crippen LogP contribution is -2.39. The smallest absolute Gasteiger partial charge is 0.410 e. The van der Waals surface area contributed by atoms with Crippen LogP contribution in [0, 0.1) is 11.8 Å². The van der Waals surface area contributed by atoms with Crippen molar-refractivity contribution in [2.75, 3.05) is 13.1 Å². The Morgan fingerprint density at radius 3 is 1.64 bits per heavy atom. The first kappa shape index (κ1) is 54.3. The molecule has 0 spiro atoms. The van der Waals surface area contributed by atoms with Gasteiger partial charge in [-0.1, -0.05) is 65.5 Å². The van der Waals surface area contributed by atoms with Gasteiger partial charge in [0.1, 0.15) is 27.2 Å². The third-order valence-corrected chi connectivity index (χ3v) is 19.0. The van der Waals surface area contributed by atoms with Gasteiger partial charge in [0.25, 0.3) is 0 Å². The van der Waals surface area contributed by atoms with Crippen LogP contribution in [0.4, 0.5) is 4.79 Å². The second-order valence-corrected chi connectivity index (χ2v) is 25.7. The highest BCUT2D eigenvalue weighted by Crippen LogP contribution is 2.45. The van der Waals surface area contributed by atoms with Gasteiger partial charge in [-0.3, -0.25) is 19.6 Å². The maximum atomic E-state index is 13.2. The van der Waals surface area contributed by atoms with Crippen molar-refractivity contribution < 1.29 is 19.1 Å². The number of carbonyl (C=O) groups excluding carboxylic acids is 3. The number of carbonyl (C=O) groups is 3. The van der Waals surface area contributed by atoms with Gasteiger partial charge in [-0.2, -0.15) is 0 Å². The lowest BCUT2D eigenvalue weighted by Gasteiger charge is -2.30. The highest BCUT2D eigenvalue weighted by molar-refractivity contribution is 7.22. The van der Waals surface area contributed by atoms with Crippen molar-refractivity contribution >= 4 is 83.4 Å². The first-order chi connectivity index (χ1) is 36.2. The average Bonchev–Trinajstić information content (AvgIpc) is 4.21. The van der Waals surface area contributed by atoms with E-state index in [0.717, 1.165) is 121 Å². The number of benzene rings is 2. The quantitative estimate of drug-likeness (QED) is 0.0893. The lowest BCUT2D eigenvalue weighted by molar-refractivity contribution is -0.119. The number of nitrogens with one attached hydrogen (secondary N) is 1. The molecule has 0 radical (unpaired) electrons. The molecule has 0 bridgehead atoms. The number of ether oxygens (including phenoxy) is 1. The Hall–Kier alpha value is -5.51. The molecule has 0 aliphatic carbocycles. The van der Waals surface area contributed by atoms with Gasteiger partial charge in [-0.15, -0.1) is 45.3 Å². The topological polar surface area (TPSA) is 127 Å². The van der Waals surface area contributed by atoms with E-state index < -0.39 is 5.60 Å². The summed E-state index contributed by atoms with van der Waals surface area (Å²) in [7, 11) is 0. The maximum Gasteiger partial charge on any atom is 0.410 e. The van der Waals surface area contributed by atoms with Crippen molar-refractivity contribution in [2.24, 2.45) is 11.8 Å². The molecule has 8 aromatic rings. The van der Waals surface area contributed by atoms with Gasteiger partial charge >= 0.3 is 6.09 Å². The summed E-state index contributed by atoms with van der Waals surface area (Å²) in [4.78, 5) is 64.0. The third kappa shape index (κ3) is 13.5. The Morgan fingerprint density at radius 1 is 0.653 bits per heavy atom. The Morgan fingerprint density at radius 2 is 1.15 bits per heavy atom. The largest absolute Gasteiger partial charge is 0.444 e. The summed E-state index contributed by atoms with van der Waals surface area (Å²) in [5.74, 6) is 1.98. The molecular formula is C61H70N6O4S4. The Kier molecular flexibility index (Phi) is 17.8. The second-order valence-electron chi connectivity index (χ2n) is 21.3. The van der Waals surface area contributed by atoms with Gasteiger partial charge < -0.3 is 15.0 Å². The first-order valence-corrected chi connectivity index (χ1v) is 30.1. The summed E-state index contributed by atoms with van der Waals surface area (Å²) < 4.78 is 7.97. The van der Waals surface area contributed by atoms with Crippen LogP contribution in [-0.4, -0.2) is 61.2 Å². The van der Waals surface area contributed by atoms with Gasteiger partial charge in [0.2, 0.25) is 0 Å². The number of hydrogen-bond acceptors (Lipinski definition) is 13. The molecule has 1 N–H and O–H groups in total. The van der Waals surface area contributed by atoms with Crippen LogP contribution in [0.5, 0.6) is 0 Å². The SMILES string of the molecule is CC[C@H](C)CCCC(=O)Cc1sc2c(c1-c1nc3cc(-c4ccncc4)ccc3s1)CCN(C(=O)OC(C)(C)C)C2.CC[C@H](C)CCCC(=O)Cc1sc2c(c1-c1nc3cc(-c4ccncc4)ccc3s1)CCNC2. The fourth-order valence-corrected chi connectivity index (χ4v) is 14.8. The molecule has 6 aromatic heterocycles. The van der Waals surface area contributed by atoms with E-state index in [1.807, 2.05) is 68.8 Å². The first-order valence-electron chi connectivity index (χ1n) is 26.8. The maximum absolute atomic E-state index is 13.2. The highest BCUT2D eigenvalue weighted by Gasteiger charge is 2.32. The molecule has 0 fully saturated rings. The molecule has 10 nitrogen and oxygen atoms in total. The molecule has 0 saturated heterocycles. The molecular weight excluding hydrogens is 1010 g/mol. The van der Waals surface area contributed by atoms with Gasteiger partial charge in [0.05, 0.1) is 27.0 Å². The summed E-state index contributed by atoms with van der Waals surface area (Å²) in [6, 6.07) is 21.0. The molecule has 0 unspecified atom stereocenters. The Bertz CT molecular complexity index is 3260. The van der Waals surface area contributed by atoms with Gasteiger partial charge in [0.15, 0.2) is 0 Å². The Balaban J connectivity index is 0.000000187. The highest BCUT2D eigenvalue weighted by atomic mass is 32.1. The molecule has 392 valence electrons. The zero-order valence-electron chi connectivity index (χ0n) is 44.6. The van der Waals surface area contributed by atoms with Crippen LogP contribution in [0.2, 0.25) is 0 Å². The zero-order valence-corrected chi connectivity index (χ0v) is 47.8. The summed E-state index contributed by atoms with van der Waals surface area (Å²) in [5.41, 5.74) is 10.9. The van der Waals surface area contributed by atoms with Crippen molar-refractivity contribution in [1.29, 1.82) is 0 Å². The van der Waals surface area contributed by atoms with E-state index >= 15 is 0 Å². The number of thiazole rings is 2. The van der Waals surface area contributed by atoms with E-state index in [1.54, 1.807) is 51.3 Å². The normalized spacial score (nSPS) is 14.3.